The largest absolute Gasteiger partial charge is 0.511 e. The van der Waals surface area contributed by atoms with E-state index < -0.39 is 11.4 Å². The summed E-state index contributed by atoms with van der Waals surface area (Å²) in [5.41, 5.74) is -0.284. The number of hydrogen-bond donors (Lipinski definition) is 1. The van der Waals surface area contributed by atoms with E-state index in [0.29, 0.717) is 25.2 Å². The molecular formula is C16H21NO5. The first kappa shape index (κ1) is 16.3. The minimum absolute atomic E-state index is 0.0510. The smallest absolute Gasteiger partial charge is 0.313 e. The highest BCUT2D eigenvalue weighted by molar-refractivity contribution is 6.23. The van der Waals surface area contributed by atoms with Gasteiger partial charge in [0.15, 0.2) is 5.78 Å². The Morgan fingerprint density at radius 3 is 2.82 bits per heavy atom. The fourth-order valence-electron chi connectivity index (χ4n) is 2.89. The number of hydrogen-bond acceptors (Lipinski definition) is 6. The van der Waals surface area contributed by atoms with Gasteiger partial charge in [0.2, 0.25) is 0 Å². The van der Waals surface area contributed by atoms with E-state index in [4.69, 9.17) is 9.57 Å². The van der Waals surface area contributed by atoms with E-state index >= 15 is 0 Å². The Hall–Kier alpha value is -2.11. The monoisotopic (exact) mass is 307 g/mol. The lowest BCUT2D eigenvalue weighted by molar-refractivity contribution is -0.148. The molecule has 1 saturated heterocycles. The van der Waals surface area contributed by atoms with Crippen LogP contribution in [-0.4, -0.2) is 35.8 Å². The third-order valence-corrected chi connectivity index (χ3v) is 3.96. The zero-order valence-electron chi connectivity index (χ0n) is 12.8. The lowest BCUT2D eigenvalue weighted by Gasteiger charge is -2.29. The van der Waals surface area contributed by atoms with Gasteiger partial charge in [-0.15, -0.1) is 0 Å². The summed E-state index contributed by atoms with van der Waals surface area (Å²) in [6.45, 7) is 6.00. The van der Waals surface area contributed by atoms with Crippen molar-refractivity contribution in [1.29, 1.82) is 0 Å². The molecule has 0 radical (unpaired) electrons. The number of ether oxygens (including phenoxy) is 1. The molecule has 1 fully saturated rings. The van der Waals surface area contributed by atoms with E-state index in [1.165, 1.54) is 0 Å². The van der Waals surface area contributed by atoms with Crippen LogP contribution < -0.4 is 0 Å². The molecule has 1 aliphatic carbocycles. The van der Waals surface area contributed by atoms with Crippen molar-refractivity contribution in [2.24, 2.45) is 10.6 Å². The number of aliphatic hydroxyl groups is 1. The minimum atomic E-state index is -0.899. The second-order valence-corrected chi connectivity index (χ2v) is 5.64. The van der Waals surface area contributed by atoms with Gasteiger partial charge in [0, 0.05) is 12.8 Å². The molecule has 6 heteroatoms. The Bertz CT molecular complexity index is 549. The molecule has 1 unspecified atom stereocenters. The van der Waals surface area contributed by atoms with Gasteiger partial charge in [-0.1, -0.05) is 31.2 Å². The standard InChI is InChI=1S/C16H21NO5/c1-3-5-11(17-22-7-4-2)14-12(18)9-16(10-13(14)19)6-8-21-15(16)20/h4,18H,2-3,5-10H2,1H3. The van der Waals surface area contributed by atoms with Gasteiger partial charge in [-0.05, 0) is 12.8 Å². The average Bonchev–Trinajstić information content (AvgIpc) is 2.79. The first-order chi connectivity index (χ1) is 10.5. The quantitative estimate of drug-likeness (QED) is 0.268. The van der Waals surface area contributed by atoms with Gasteiger partial charge in [-0.25, -0.2) is 0 Å². The molecule has 0 amide bonds. The van der Waals surface area contributed by atoms with Crippen LogP contribution in [0.3, 0.4) is 0 Å². The van der Waals surface area contributed by atoms with E-state index in [0.717, 1.165) is 6.42 Å². The first-order valence-electron chi connectivity index (χ1n) is 7.46. The van der Waals surface area contributed by atoms with Crippen molar-refractivity contribution >= 4 is 17.5 Å². The van der Waals surface area contributed by atoms with Crippen molar-refractivity contribution in [3.63, 3.8) is 0 Å². The summed E-state index contributed by atoms with van der Waals surface area (Å²) in [5, 5.41) is 14.3. The maximum atomic E-state index is 12.5. The first-order valence-corrected chi connectivity index (χ1v) is 7.46. The highest BCUT2D eigenvalue weighted by atomic mass is 16.6. The van der Waals surface area contributed by atoms with Crippen LogP contribution in [0.5, 0.6) is 0 Å². The summed E-state index contributed by atoms with van der Waals surface area (Å²) in [7, 11) is 0. The number of esters is 1. The molecule has 0 aromatic heterocycles. The predicted molar refractivity (Wildman–Crippen MR) is 80.4 cm³/mol. The normalized spacial score (nSPS) is 25.6. The summed E-state index contributed by atoms with van der Waals surface area (Å²) in [5.74, 6) is -0.773. The molecule has 6 nitrogen and oxygen atoms in total. The van der Waals surface area contributed by atoms with Crippen LogP contribution in [-0.2, 0) is 19.2 Å². The van der Waals surface area contributed by atoms with Gasteiger partial charge in [0.05, 0.1) is 23.3 Å². The number of rotatable bonds is 6. The Balaban J connectivity index is 2.30. The number of cyclic esters (lactones) is 1. The van der Waals surface area contributed by atoms with Crippen LogP contribution in [0.4, 0.5) is 0 Å². The number of nitrogens with zero attached hydrogens (tertiary/aromatic N) is 1. The highest BCUT2D eigenvalue weighted by Crippen LogP contribution is 2.44. The van der Waals surface area contributed by atoms with E-state index in [-0.39, 0.29) is 36.6 Å². The summed E-state index contributed by atoms with van der Waals surface area (Å²) in [6, 6.07) is 0. The number of allylic oxidation sites excluding steroid dienone is 2. The fourth-order valence-corrected chi connectivity index (χ4v) is 2.89. The van der Waals surface area contributed by atoms with E-state index in [2.05, 4.69) is 11.7 Å². The predicted octanol–water partition coefficient (Wildman–Crippen LogP) is 2.45. The lowest BCUT2D eigenvalue weighted by Crippen LogP contribution is -2.36. The van der Waals surface area contributed by atoms with E-state index in [9.17, 15) is 14.7 Å². The van der Waals surface area contributed by atoms with Crippen molar-refractivity contribution in [1.82, 2.24) is 0 Å². The Kier molecular flexibility index (Phi) is 5.00. The third kappa shape index (κ3) is 3.05. The summed E-state index contributed by atoms with van der Waals surface area (Å²) >= 11 is 0. The summed E-state index contributed by atoms with van der Waals surface area (Å²) in [6.07, 6.45) is 3.45. The molecule has 0 bridgehead atoms. The zero-order valence-corrected chi connectivity index (χ0v) is 12.8. The Morgan fingerprint density at radius 2 is 2.27 bits per heavy atom. The molecule has 1 atom stereocenters. The van der Waals surface area contributed by atoms with Crippen LogP contribution in [0.2, 0.25) is 0 Å². The number of Topliss-reactive ketones (excluding diaryl/α,β-unsaturated/α-hetero) is 1. The molecule has 0 saturated carbocycles. The molecular weight excluding hydrogens is 286 g/mol. The Morgan fingerprint density at radius 1 is 1.50 bits per heavy atom. The van der Waals surface area contributed by atoms with E-state index in [1.807, 2.05) is 6.92 Å². The molecule has 2 aliphatic rings. The summed E-state index contributed by atoms with van der Waals surface area (Å²) < 4.78 is 4.97. The van der Waals surface area contributed by atoms with Crippen LogP contribution in [0.25, 0.3) is 0 Å². The van der Waals surface area contributed by atoms with Crippen LogP contribution in [0.15, 0.2) is 29.1 Å². The molecule has 2 rings (SSSR count). The lowest BCUT2D eigenvalue weighted by atomic mass is 9.71. The number of carbonyl (C=O) groups excluding carboxylic acids is 2. The third-order valence-electron chi connectivity index (χ3n) is 3.96. The van der Waals surface area contributed by atoms with Gasteiger partial charge >= 0.3 is 5.97 Å². The Labute approximate surface area is 129 Å². The van der Waals surface area contributed by atoms with E-state index in [1.54, 1.807) is 6.08 Å². The number of oxime groups is 1. The molecule has 1 N–H and O–H groups in total. The fraction of sp³-hybridized carbons (Fsp3) is 0.562. The molecule has 120 valence electrons. The second kappa shape index (κ2) is 6.77. The van der Waals surface area contributed by atoms with Gasteiger partial charge < -0.3 is 14.7 Å². The maximum absolute atomic E-state index is 12.5. The maximum Gasteiger partial charge on any atom is 0.313 e. The van der Waals surface area contributed by atoms with Gasteiger partial charge in [0.1, 0.15) is 12.4 Å². The second-order valence-electron chi connectivity index (χ2n) is 5.64. The minimum Gasteiger partial charge on any atom is -0.511 e. The van der Waals surface area contributed by atoms with Gasteiger partial charge in [-0.3, -0.25) is 9.59 Å². The molecule has 1 heterocycles. The van der Waals surface area contributed by atoms with Crippen molar-refractivity contribution in [2.45, 2.75) is 39.0 Å². The average molecular weight is 307 g/mol. The van der Waals surface area contributed by atoms with Crippen LogP contribution in [0, 0.1) is 5.41 Å². The topological polar surface area (TPSA) is 85.2 Å². The SMILES string of the molecule is C=CCON=C(CCC)C1=C(O)CC2(CCOC2=O)CC1=O. The van der Waals surface area contributed by atoms with Crippen molar-refractivity contribution in [2.75, 3.05) is 13.2 Å². The van der Waals surface area contributed by atoms with Crippen molar-refractivity contribution < 1.29 is 24.3 Å². The number of carbonyl (C=O) groups is 2. The molecule has 22 heavy (non-hydrogen) atoms. The molecule has 1 spiro atoms. The van der Waals surface area contributed by atoms with Crippen molar-refractivity contribution in [3.05, 3.63) is 24.0 Å². The molecule has 0 aromatic rings. The van der Waals surface area contributed by atoms with Crippen LogP contribution >= 0.6 is 0 Å². The number of ketones is 1. The number of aliphatic hydroxyl groups excluding tert-OH is 1. The zero-order chi connectivity index (χ0) is 16.2. The van der Waals surface area contributed by atoms with Gasteiger partial charge in [-0.2, -0.15) is 0 Å². The van der Waals surface area contributed by atoms with Crippen molar-refractivity contribution in [3.8, 4) is 0 Å². The molecule has 1 aliphatic heterocycles. The summed E-state index contributed by atoms with van der Waals surface area (Å²) in [4.78, 5) is 29.4. The molecule has 0 aromatic carbocycles. The van der Waals surface area contributed by atoms with Crippen LogP contribution in [0.1, 0.15) is 39.0 Å². The highest BCUT2D eigenvalue weighted by Gasteiger charge is 2.50. The van der Waals surface area contributed by atoms with Gasteiger partial charge in [0.25, 0.3) is 0 Å².